The Balaban J connectivity index is 2.10. The Kier molecular flexibility index (Phi) is 2.64. The van der Waals surface area contributed by atoms with Gasteiger partial charge in [-0.05, 0) is 13.8 Å². The lowest BCUT2D eigenvalue weighted by Crippen LogP contribution is -2.02. The number of anilines is 1. The Morgan fingerprint density at radius 3 is 2.56 bits per heavy atom. The first-order valence-electron chi connectivity index (χ1n) is 5.17. The minimum absolute atomic E-state index is 0.668. The van der Waals surface area contributed by atoms with Gasteiger partial charge in [-0.1, -0.05) is 5.21 Å². The molecule has 2 heterocycles. The molecule has 0 amide bonds. The fourth-order valence-corrected chi connectivity index (χ4v) is 1.68. The van der Waals surface area contributed by atoms with E-state index in [4.69, 9.17) is 0 Å². The van der Waals surface area contributed by atoms with Crippen molar-refractivity contribution in [3.05, 3.63) is 23.3 Å². The number of nitrogens with one attached hydrogen (secondary N) is 1. The van der Waals surface area contributed by atoms with Crippen LogP contribution in [0.2, 0.25) is 0 Å². The molecular formula is C10H16N6. The molecule has 0 aromatic carbocycles. The summed E-state index contributed by atoms with van der Waals surface area (Å²) >= 11 is 0. The predicted molar refractivity (Wildman–Crippen MR) is 61.0 cm³/mol. The van der Waals surface area contributed by atoms with Crippen molar-refractivity contribution >= 4 is 5.69 Å². The Bertz CT molecular complexity index is 495. The Morgan fingerprint density at radius 2 is 2.06 bits per heavy atom. The van der Waals surface area contributed by atoms with Gasteiger partial charge in [0.1, 0.15) is 5.69 Å². The van der Waals surface area contributed by atoms with Crippen molar-refractivity contribution in [1.82, 2.24) is 24.8 Å². The van der Waals surface area contributed by atoms with Gasteiger partial charge >= 0.3 is 0 Å². The molecule has 0 aliphatic carbocycles. The maximum Gasteiger partial charge on any atom is 0.102 e. The number of hydrogen-bond acceptors (Lipinski definition) is 4. The van der Waals surface area contributed by atoms with E-state index in [1.165, 1.54) is 0 Å². The van der Waals surface area contributed by atoms with Gasteiger partial charge in [-0.3, -0.25) is 9.36 Å². The standard InChI is InChI=1S/C10H16N6/c1-7-10(8(2)16(4)13-7)11-5-9-6-15(3)14-12-9/h6,11H,5H2,1-4H3. The van der Waals surface area contributed by atoms with Gasteiger partial charge in [0.05, 0.1) is 23.6 Å². The van der Waals surface area contributed by atoms with Crippen LogP contribution in [-0.4, -0.2) is 24.8 Å². The second-order valence-corrected chi connectivity index (χ2v) is 3.91. The summed E-state index contributed by atoms with van der Waals surface area (Å²) in [6.45, 7) is 4.70. The van der Waals surface area contributed by atoms with Crippen LogP contribution in [-0.2, 0) is 20.6 Å². The lowest BCUT2D eigenvalue weighted by Gasteiger charge is -2.03. The zero-order valence-electron chi connectivity index (χ0n) is 10.0. The molecule has 0 saturated heterocycles. The van der Waals surface area contributed by atoms with Gasteiger partial charge in [0, 0.05) is 20.3 Å². The number of aromatic nitrogens is 5. The summed E-state index contributed by atoms with van der Waals surface area (Å²) in [5, 5.41) is 15.6. The van der Waals surface area contributed by atoms with Gasteiger partial charge in [0.15, 0.2) is 0 Å². The van der Waals surface area contributed by atoms with Gasteiger partial charge < -0.3 is 5.32 Å². The van der Waals surface area contributed by atoms with Crippen molar-refractivity contribution in [3.8, 4) is 0 Å². The normalized spacial score (nSPS) is 10.8. The van der Waals surface area contributed by atoms with Gasteiger partial charge in [-0.2, -0.15) is 5.10 Å². The van der Waals surface area contributed by atoms with E-state index in [1.54, 1.807) is 4.68 Å². The summed E-state index contributed by atoms with van der Waals surface area (Å²) in [7, 11) is 3.80. The van der Waals surface area contributed by atoms with Crippen molar-refractivity contribution in [3.63, 3.8) is 0 Å². The molecule has 0 atom stereocenters. The van der Waals surface area contributed by atoms with E-state index in [9.17, 15) is 0 Å². The molecule has 6 heteroatoms. The summed E-state index contributed by atoms with van der Waals surface area (Å²) in [5.74, 6) is 0. The molecule has 2 aromatic rings. The predicted octanol–water partition coefficient (Wildman–Crippen LogP) is 0.778. The Labute approximate surface area is 94.3 Å². The number of aryl methyl sites for hydroxylation is 3. The van der Waals surface area contributed by atoms with Gasteiger partial charge in [-0.15, -0.1) is 5.10 Å². The SMILES string of the molecule is Cc1nn(C)c(C)c1NCc1cn(C)nn1. The quantitative estimate of drug-likeness (QED) is 0.830. The molecule has 0 radical (unpaired) electrons. The maximum atomic E-state index is 4.34. The van der Waals surface area contributed by atoms with Crippen LogP contribution in [0.25, 0.3) is 0 Å². The van der Waals surface area contributed by atoms with E-state index in [-0.39, 0.29) is 0 Å². The third kappa shape index (κ3) is 1.91. The van der Waals surface area contributed by atoms with Crippen LogP contribution in [0.1, 0.15) is 17.1 Å². The summed E-state index contributed by atoms with van der Waals surface area (Å²) in [4.78, 5) is 0. The molecule has 2 aromatic heterocycles. The van der Waals surface area contributed by atoms with E-state index in [0.717, 1.165) is 22.8 Å². The van der Waals surface area contributed by atoms with E-state index >= 15 is 0 Å². The minimum atomic E-state index is 0.668. The average Bonchev–Trinajstić information content (AvgIpc) is 2.72. The third-order valence-electron chi connectivity index (χ3n) is 2.61. The second-order valence-electron chi connectivity index (χ2n) is 3.91. The number of rotatable bonds is 3. The van der Waals surface area contributed by atoms with Crippen molar-refractivity contribution in [2.75, 3.05) is 5.32 Å². The molecule has 2 rings (SSSR count). The van der Waals surface area contributed by atoms with Crippen LogP contribution in [0.15, 0.2) is 6.20 Å². The van der Waals surface area contributed by atoms with Gasteiger partial charge in [-0.25, -0.2) is 0 Å². The van der Waals surface area contributed by atoms with Gasteiger partial charge in [0.25, 0.3) is 0 Å². The third-order valence-corrected chi connectivity index (χ3v) is 2.61. The van der Waals surface area contributed by atoms with Crippen LogP contribution in [0.3, 0.4) is 0 Å². The maximum absolute atomic E-state index is 4.34. The van der Waals surface area contributed by atoms with Crippen molar-refractivity contribution < 1.29 is 0 Å². The highest BCUT2D eigenvalue weighted by atomic mass is 15.4. The average molecular weight is 220 g/mol. The number of nitrogens with zero attached hydrogens (tertiary/aromatic N) is 5. The van der Waals surface area contributed by atoms with Crippen LogP contribution < -0.4 is 5.32 Å². The molecule has 0 fully saturated rings. The van der Waals surface area contributed by atoms with E-state index in [0.29, 0.717) is 6.54 Å². The molecule has 0 aliphatic heterocycles. The Morgan fingerprint density at radius 1 is 1.31 bits per heavy atom. The molecule has 0 saturated carbocycles. The smallest absolute Gasteiger partial charge is 0.102 e. The first-order valence-corrected chi connectivity index (χ1v) is 5.17. The minimum Gasteiger partial charge on any atom is -0.376 e. The largest absolute Gasteiger partial charge is 0.376 e. The molecule has 86 valence electrons. The van der Waals surface area contributed by atoms with E-state index < -0.39 is 0 Å². The van der Waals surface area contributed by atoms with Crippen molar-refractivity contribution in [2.45, 2.75) is 20.4 Å². The van der Waals surface area contributed by atoms with E-state index in [2.05, 4.69) is 20.7 Å². The lowest BCUT2D eigenvalue weighted by atomic mass is 10.3. The fourth-order valence-electron chi connectivity index (χ4n) is 1.68. The van der Waals surface area contributed by atoms with Gasteiger partial charge in [0.2, 0.25) is 0 Å². The topological polar surface area (TPSA) is 60.6 Å². The molecule has 0 bridgehead atoms. The highest BCUT2D eigenvalue weighted by Crippen LogP contribution is 2.18. The number of hydrogen-bond donors (Lipinski definition) is 1. The van der Waals surface area contributed by atoms with Crippen molar-refractivity contribution in [1.29, 1.82) is 0 Å². The highest BCUT2D eigenvalue weighted by molar-refractivity contribution is 5.51. The molecule has 16 heavy (non-hydrogen) atoms. The van der Waals surface area contributed by atoms with Crippen LogP contribution in [0.4, 0.5) is 5.69 Å². The van der Waals surface area contributed by atoms with E-state index in [1.807, 2.05) is 38.8 Å². The highest BCUT2D eigenvalue weighted by Gasteiger charge is 2.09. The summed E-state index contributed by atoms with van der Waals surface area (Å²) in [6.07, 6.45) is 1.90. The van der Waals surface area contributed by atoms with Crippen LogP contribution in [0.5, 0.6) is 0 Å². The fraction of sp³-hybridized carbons (Fsp3) is 0.500. The molecule has 6 nitrogen and oxygen atoms in total. The first-order chi connectivity index (χ1) is 7.58. The second kappa shape index (κ2) is 3.96. The lowest BCUT2D eigenvalue weighted by molar-refractivity contribution is 0.713. The van der Waals surface area contributed by atoms with Crippen LogP contribution >= 0.6 is 0 Å². The molecular weight excluding hydrogens is 204 g/mol. The monoisotopic (exact) mass is 220 g/mol. The molecule has 0 aliphatic rings. The molecule has 0 spiro atoms. The van der Waals surface area contributed by atoms with Crippen molar-refractivity contribution in [2.24, 2.45) is 14.1 Å². The Hall–Kier alpha value is -1.85. The zero-order chi connectivity index (χ0) is 11.7. The summed E-state index contributed by atoms with van der Waals surface area (Å²) in [5.41, 5.74) is 4.13. The first kappa shape index (κ1) is 10.7. The molecule has 0 unspecified atom stereocenters. The summed E-state index contributed by atoms with van der Waals surface area (Å²) < 4.78 is 3.56. The zero-order valence-corrected chi connectivity index (χ0v) is 10.0. The summed E-state index contributed by atoms with van der Waals surface area (Å²) in [6, 6.07) is 0. The molecule has 1 N–H and O–H groups in total. The van der Waals surface area contributed by atoms with Crippen LogP contribution in [0, 0.1) is 13.8 Å².